The Bertz CT molecular complexity index is 620. The van der Waals surface area contributed by atoms with Crippen LogP contribution in [-0.4, -0.2) is 21.5 Å². The standard InChI is InChI=1S/C14H15ClN2O2/c1-14(2,3)19-13(18)7-12-10-5-4-9(15)6-11(10)16-8-17-12/h4-6,8H,7H2,1-3H3. The molecule has 0 N–H and O–H groups in total. The maximum Gasteiger partial charge on any atom is 0.312 e. The molecule has 0 atom stereocenters. The van der Waals surface area contributed by atoms with E-state index >= 15 is 0 Å². The van der Waals surface area contributed by atoms with Crippen molar-refractivity contribution >= 4 is 28.5 Å². The fraction of sp³-hybridized carbons (Fsp3) is 0.357. The predicted molar refractivity (Wildman–Crippen MR) is 74.1 cm³/mol. The van der Waals surface area contributed by atoms with E-state index in [0.717, 1.165) is 10.9 Å². The Labute approximate surface area is 116 Å². The van der Waals surface area contributed by atoms with Crippen LogP contribution in [0.2, 0.25) is 5.02 Å². The molecule has 5 heteroatoms. The van der Waals surface area contributed by atoms with Gasteiger partial charge in [-0.25, -0.2) is 9.97 Å². The van der Waals surface area contributed by atoms with E-state index in [1.165, 1.54) is 6.33 Å². The van der Waals surface area contributed by atoms with Crippen molar-refractivity contribution in [3.05, 3.63) is 35.2 Å². The molecule has 1 aromatic heterocycles. The molecule has 0 bridgehead atoms. The maximum absolute atomic E-state index is 11.8. The second-order valence-electron chi connectivity index (χ2n) is 5.25. The van der Waals surface area contributed by atoms with Gasteiger partial charge in [0.2, 0.25) is 0 Å². The molecule has 0 spiro atoms. The smallest absolute Gasteiger partial charge is 0.312 e. The number of esters is 1. The molecule has 0 aliphatic heterocycles. The lowest BCUT2D eigenvalue weighted by Crippen LogP contribution is -2.25. The summed E-state index contributed by atoms with van der Waals surface area (Å²) in [7, 11) is 0. The maximum atomic E-state index is 11.8. The number of halogens is 1. The third-order valence-corrected chi connectivity index (χ3v) is 2.65. The van der Waals surface area contributed by atoms with E-state index in [4.69, 9.17) is 16.3 Å². The summed E-state index contributed by atoms with van der Waals surface area (Å²) < 4.78 is 5.29. The van der Waals surface area contributed by atoms with E-state index in [2.05, 4.69) is 9.97 Å². The number of hydrogen-bond donors (Lipinski definition) is 0. The topological polar surface area (TPSA) is 52.1 Å². The lowest BCUT2D eigenvalue weighted by atomic mass is 10.1. The Hall–Kier alpha value is -1.68. The van der Waals surface area contributed by atoms with Crippen molar-refractivity contribution in [2.75, 3.05) is 0 Å². The minimum Gasteiger partial charge on any atom is -0.460 e. The van der Waals surface area contributed by atoms with Crippen molar-refractivity contribution in [1.82, 2.24) is 9.97 Å². The minimum absolute atomic E-state index is 0.123. The monoisotopic (exact) mass is 278 g/mol. The number of ether oxygens (including phenoxy) is 1. The number of rotatable bonds is 2. The SMILES string of the molecule is CC(C)(C)OC(=O)Cc1ncnc2cc(Cl)ccc12. The van der Waals surface area contributed by atoms with Crippen LogP contribution in [-0.2, 0) is 16.0 Å². The van der Waals surface area contributed by atoms with Crippen molar-refractivity contribution in [3.8, 4) is 0 Å². The lowest BCUT2D eigenvalue weighted by Gasteiger charge is -2.19. The fourth-order valence-corrected chi connectivity index (χ4v) is 1.91. The lowest BCUT2D eigenvalue weighted by molar-refractivity contribution is -0.153. The van der Waals surface area contributed by atoms with Crippen LogP contribution >= 0.6 is 11.6 Å². The molecule has 2 aromatic rings. The number of hydrogen-bond acceptors (Lipinski definition) is 4. The average Bonchev–Trinajstić information content (AvgIpc) is 2.26. The summed E-state index contributed by atoms with van der Waals surface area (Å²) in [6, 6.07) is 5.32. The number of nitrogens with zero attached hydrogens (tertiary/aromatic N) is 2. The number of fused-ring (bicyclic) bond motifs is 1. The first kappa shape index (κ1) is 13.7. The summed E-state index contributed by atoms with van der Waals surface area (Å²) in [5.41, 5.74) is 0.875. The quantitative estimate of drug-likeness (QED) is 0.792. The molecule has 0 unspecified atom stereocenters. The Morgan fingerprint density at radius 2 is 2.05 bits per heavy atom. The summed E-state index contributed by atoms with van der Waals surface area (Å²) >= 11 is 5.91. The Morgan fingerprint density at radius 1 is 1.32 bits per heavy atom. The van der Waals surface area contributed by atoms with Gasteiger partial charge < -0.3 is 4.74 Å². The van der Waals surface area contributed by atoms with Crippen LogP contribution in [0, 0.1) is 0 Å². The largest absolute Gasteiger partial charge is 0.460 e. The van der Waals surface area contributed by atoms with Crippen LogP contribution in [0.5, 0.6) is 0 Å². The fourth-order valence-electron chi connectivity index (χ4n) is 1.74. The molecule has 1 heterocycles. The van der Waals surface area contributed by atoms with Gasteiger partial charge in [-0.15, -0.1) is 0 Å². The molecular weight excluding hydrogens is 264 g/mol. The summed E-state index contributed by atoms with van der Waals surface area (Å²) in [5, 5.41) is 1.42. The molecule has 0 aliphatic carbocycles. The van der Waals surface area contributed by atoms with E-state index in [-0.39, 0.29) is 12.4 Å². The predicted octanol–water partition coefficient (Wildman–Crippen LogP) is 3.17. The highest BCUT2D eigenvalue weighted by atomic mass is 35.5. The van der Waals surface area contributed by atoms with E-state index < -0.39 is 5.60 Å². The van der Waals surface area contributed by atoms with E-state index in [9.17, 15) is 4.79 Å². The third-order valence-electron chi connectivity index (χ3n) is 2.41. The molecule has 0 saturated carbocycles. The van der Waals surface area contributed by atoms with Gasteiger partial charge in [-0.1, -0.05) is 11.6 Å². The van der Waals surface area contributed by atoms with Gasteiger partial charge in [-0.3, -0.25) is 4.79 Å². The van der Waals surface area contributed by atoms with Crippen LogP contribution in [0.1, 0.15) is 26.5 Å². The van der Waals surface area contributed by atoms with Crippen LogP contribution < -0.4 is 0 Å². The number of benzene rings is 1. The first-order valence-corrected chi connectivity index (χ1v) is 6.34. The molecule has 0 aliphatic rings. The van der Waals surface area contributed by atoms with Gasteiger partial charge in [0.15, 0.2) is 0 Å². The molecule has 0 amide bonds. The average molecular weight is 279 g/mol. The summed E-state index contributed by atoms with van der Waals surface area (Å²) in [6.45, 7) is 5.51. The highest BCUT2D eigenvalue weighted by molar-refractivity contribution is 6.31. The zero-order valence-corrected chi connectivity index (χ0v) is 11.9. The molecule has 2 rings (SSSR count). The Balaban J connectivity index is 2.28. The van der Waals surface area contributed by atoms with Gasteiger partial charge in [0.05, 0.1) is 17.6 Å². The molecule has 0 saturated heterocycles. The molecular formula is C14H15ClN2O2. The van der Waals surface area contributed by atoms with E-state index in [1.807, 2.05) is 26.8 Å². The van der Waals surface area contributed by atoms with Crippen LogP contribution in [0.3, 0.4) is 0 Å². The minimum atomic E-state index is -0.497. The second-order valence-corrected chi connectivity index (χ2v) is 5.68. The van der Waals surface area contributed by atoms with Crippen LogP contribution in [0.15, 0.2) is 24.5 Å². The van der Waals surface area contributed by atoms with Crippen molar-refractivity contribution < 1.29 is 9.53 Å². The van der Waals surface area contributed by atoms with Crippen molar-refractivity contribution in [3.63, 3.8) is 0 Å². The zero-order chi connectivity index (χ0) is 14.0. The van der Waals surface area contributed by atoms with Crippen LogP contribution in [0.25, 0.3) is 10.9 Å². The van der Waals surface area contributed by atoms with Crippen molar-refractivity contribution in [2.45, 2.75) is 32.8 Å². The molecule has 19 heavy (non-hydrogen) atoms. The van der Waals surface area contributed by atoms with E-state index in [0.29, 0.717) is 10.7 Å². The highest BCUT2D eigenvalue weighted by Gasteiger charge is 2.18. The summed E-state index contributed by atoms with van der Waals surface area (Å²) in [4.78, 5) is 20.1. The van der Waals surface area contributed by atoms with Crippen molar-refractivity contribution in [2.24, 2.45) is 0 Å². The van der Waals surface area contributed by atoms with Crippen molar-refractivity contribution in [1.29, 1.82) is 0 Å². The van der Waals surface area contributed by atoms with Crippen LogP contribution in [0.4, 0.5) is 0 Å². The second kappa shape index (κ2) is 5.13. The number of aromatic nitrogens is 2. The van der Waals surface area contributed by atoms with Gasteiger partial charge in [0.1, 0.15) is 11.9 Å². The first-order chi connectivity index (χ1) is 8.85. The van der Waals surface area contributed by atoms with Gasteiger partial charge in [-0.05, 0) is 39.0 Å². The number of carbonyl (C=O) groups excluding carboxylic acids is 1. The zero-order valence-electron chi connectivity index (χ0n) is 11.1. The third kappa shape index (κ3) is 3.64. The van der Waals surface area contributed by atoms with E-state index in [1.54, 1.807) is 12.1 Å². The highest BCUT2D eigenvalue weighted by Crippen LogP contribution is 2.20. The molecule has 4 nitrogen and oxygen atoms in total. The van der Waals surface area contributed by atoms with Gasteiger partial charge in [0, 0.05) is 10.4 Å². The summed E-state index contributed by atoms with van der Waals surface area (Å²) in [6.07, 6.45) is 1.55. The Kier molecular flexibility index (Phi) is 3.71. The number of carbonyl (C=O) groups is 1. The molecule has 0 radical (unpaired) electrons. The van der Waals surface area contributed by atoms with Gasteiger partial charge in [-0.2, -0.15) is 0 Å². The van der Waals surface area contributed by atoms with Gasteiger partial charge in [0.25, 0.3) is 0 Å². The summed E-state index contributed by atoms with van der Waals surface area (Å²) in [5.74, 6) is -0.303. The normalized spacial score (nSPS) is 11.6. The molecule has 100 valence electrons. The molecule has 0 fully saturated rings. The first-order valence-electron chi connectivity index (χ1n) is 5.96. The van der Waals surface area contributed by atoms with Gasteiger partial charge >= 0.3 is 5.97 Å². The molecule has 1 aromatic carbocycles. The Morgan fingerprint density at radius 3 is 2.74 bits per heavy atom.